The maximum absolute atomic E-state index is 6.11. The summed E-state index contributed by atoms with van der Waals surface area (Å²) in [5.74, 6) is 2.18. The quantitative estimate of drug-likeness (QED) is 0.456. The number of ether oxygens (including phenoxy) is 1. The summed E-state index contributed by atoms with van der Waals surface area (Å²) < 4.78 is 6.11. The molecular weight excluding hydrogens is 280 g/mol. The van der Waals surface area contributed by atoms with Crippen molar-refractivity contribution in [3.63, 3.8) is 0 Å². The first-order valence-electron chi connectivity index (χ1n) is 8.31. The second-order valence-electron chi connectivity index (χ2n) is 6.11. The topological polar surface area (TPSA) is 9.23 Å². The van der Waals surface area contributed by atoms with Gasteiger partial charge in [0.25, 0.3) is 0 Å². The highest BCUT2D eigenvalue weighted by Crippen LogP contribution is 2.46. The number of hydrogen-bond donors (Lipinski definition) is 0. The highest BCUT2D eigenvalue weighted by molar-refractivity contribution is 5.58. The molecule has 0 atom stereocenters. The van der Waals surface area contributed by atoms with E-state index in [1.54, 1.807) is 0 Å². The molecule has 1 nitrogen and oxygen atoms in total. The summed E-state index contributed by atoms with van der Waals surface area (Å²) in [5, 5.41) is 0. The zero-order valence-electron chi connectivity index (χ0n) is 13.3. The van der Waals surface area contributed by atoms with Crippen molar-refractivity contribution < 1.29 is 4.74 Å². The molecule has 1 heterocycles. The fourth-order valence-corrected chi connectivity index (χ4v) is 3.49. The first-order valence-corrected chi connectivity index (χ1v) is 8.31. The summed E-state index contributed by atoms with van der Waals surface area (Å²) in [4.78, 5) is 0. The molecule has 3 aromatic carbocycles. The van der Waals surface area contributed by atoms with E-state index in [2.05, 4.69) is 67.6 Å². The molecule has 0 bridgehead atoms. The van der Waals surface area contributed by atoms with Crippen molar-refractivity contribution in [3.8, 4) is 11.5 Å². The zero-order chi connectivity index (χ0) is 15.6. The fourth-order valence-electron chi connectivity index (χ4n) is 3.49. The lowest BCUT2D eigenvalue weighted by Crippen LogP contribution is -2.11. The molecule has 0 saturated carbocycles. The standard InChI is InChI=1S/C22H20O/c1-2-8-16-9-7-10-17(15-16)22-18-11-3-5-13-20(18)23-21-14-6-4-12-19(21)22/h3-7,9-15,22H,2,8H2,1H3. The number of para-hydroxylation sites is 2. The summed E-state index contributed by atoms with van der Waals surface area (Å²) in [5.41, 5.74) is 5.25. The second-order valence-corrected chi connectivity index (χ2v) is 6.11. The van der Waals surface area contributed by atoms with E-state index in [0.717, 1.165) is 17.9 Å². The van der Waals surface area contributed by atoms with Crippen molar-refractivity contribution in [2.24, 2.45) is 0 Å². The Morgan fingerprint density at radius 1 is 0.783 bits per heavy atom. The first-order chi connectivity index (χ1) is 11.4. The minimum atomic E-state index is 0.243. The van der Waals surface area contributed by atoms with Crippen molar-refractivity contribution in [1.82, 2.24) is 0 Å². The molecule has 3 aromatic rings. The molecule has 0 unspecified atom stereocenters. The van der Waals surface area contributed by atoms with Crippen molar-refractivity contribution in [3.05, 3.63) is 95.1 Å². The average Bonchev–Trinajstić information content (AvgIpc) is 2.60. The van der Waals surface area contributed by atoms with Crippen LogP contribution in [0.15, 0.2) is 72.8 Å². The second kappa shape index (κ2) is 5.92. The van der Waals surface area contributed by atoms with Gasteiger partial charge in [0, 0.05) is 17.0 Å². The van der Waals surface area contributed by atoms with Crippen LogP contribution < -0.4 is 4.74 Å². The minimum Gasteiger partial charge on any atom is -0.457 e. The number of aryl methyl sites for hydroxylation is 1. The summed E-state index contributed by atoms with van der Waals surface area (Å²) in [6.07, 6.45) is 2.30. The van der Waals surface area contributed by atoms with Gasteiger partial charge in [0.2, 0.25) is 0 Å². The molecule has 1 heteroatoms. The molecule has 0 N–H and O–H groups in total. The zero-order valence-corrected chi connectivity index (χ0v) is 13.3. The Hall–Kier alpha value is -2.54. The Kier molecular flexibility index (Phi) is 3.63. The molecule has 114 valence electrons. The summed E-state index contributed by atoms with van der Waals surface area (Å²) in [6.45, 7) is 2.23. The molecule has 0 radical (unpaired) electrons. The lowest BCUT2D eigenvalue weighted by Gasteiger charge is -2.28. The van der Waals surface area contributed by atoms with Crippen LogP contribution in [0.1, 0.15) is 41.5 Å². The Labute approximate surface area is 137 Å². The van der Waals surface area contributed by atoms with Gasteiger partial charge in [-0.15, -0.1) is 0 Å². The van der Waals surface area contributed by atoms with Gasteiger partial charge in [-0.1, -0.05) is 74.0 Å². The first kappa shape index (κ1) is 14.1. The number of fused-ring (bicyclic) bond motifs is 2. The monoisotopic (exact) mass is 300 g/mol. The van der Waals surface area contributed by atoms with Gasteiger partial charge in [-0.05, 0) is 29.7 Å². The van der Waals surface area contributed by atoms with E-state index in [9.17, 15) is 0 Å². The van der Waals surface area contributed by atoms with Gasteiger partial charge in [-0.2, -0.15) is 0 Å². The third-order valence-electron chi connectivity index (χ3n) is 4.50. The van der Waals surface area contributed by atoms with Crippen LogP contribution in [0.25, 0.3) is 0 Å². The van der Waals surface area contributed by atoms with Crippen LogP contribution in [-0.2, 0) is 6.42 Å². The van der Waals surface area contributed by atoms with E-state index >= 15 is 0 Å². The van der Waals surface area contributed by atoms with E-state index in [-0.39, 0.29) is 5.92 Å². The van der Waals surface area contributed by atoms with Gasteiger partial charge in [0.1, 0.15) is 11.5 Å². The minimum absolute atomic E-state index is 0.243. The molecular formula is C22H20O. The van der Waals surface area contributed by atoms with Gasteiger partial charge < -0.3 is 4.74 Å². The van der Waals surface area contributed by atoms with Crippen LogP contribution in [0, 0.1) is 0 Å². The van der Waals surface area contributed by atoms with Gasteiger partial charge in [-0.25, -0.2) is 0 Å². The molecule has 0 aliphatic carbocycles. The lowest BCUT2D eigenvalue weighted by atomic mass is 9.82. The van der Waals surface area contributed by atoms with E-state index in [4.69, 9.17) is 4.74 Å². The van der Waals surface area contributed by atoms with Crippen LogP contribution in [0.3, 0.4) is 0 Å². The molecule has 1 aliphatic heterocycles. The Balaban J connectivity index is 1.89. The SMILES string of the molecule is CCCc1cccc(C2c3ccccc3Oc3ccccc32)c1. The molecule has 0 aromatic heterocycles. The molecule has 0 amide bonds. The maximum Gasteiger partial charge on any atom is 0.131 e. The Bertz CT molecular complexity index is 789. The van der Waals surface area contributed by atoms with Crippen LogP contribution in [-0.4, -0.2) is 0 Å². The van der Waals surface area contributed by atoms with Crippen molar-refractivity contribution in [1.29, 1.82) is 0 Å². The van der Waals surface area contributed by atoms with E-state index in [0.29, 0.717) is 0 Å². The molecule has 0 saturated heterocycles. The van der Waals surface area contributed by atoms with Gasteiger partial charge in [0.15, 0.2) is 0 Å². The van der Waals surface area contributed by atoms with Crippen LogP contribution in [0.2, 0.25) is 0 Å². The average molecular weight is 300 g/mol. The maximum atomic E-state index is 6.11. The highest BCUT2D eigenvalue weighted by atomic mass is 16.5. The van der Waals surface area contributed by atoms with Gasteiger partial charge >= 0.3 is 0 Å². The largest absolute Gasteiger partial charge is 0.457 e. The fraction of sp³-hybridized carbons (Fsp3) is 0.182. The molecule has 4 rings (SSSR count). The molecule has 0 fully saturated rings. The summed E-state index contributed by atoms with van der Waals surface area (Å²) in [6, 6.07) is 25.8. The molecule has 23 heavy (non-hydrogen) atoms. The third kappa shape index (κ3) is 2.53. The van der Waals surface area contributed by atoms with Crippen molar-refractivity contribution in [2.45, 2.75) is 25.7 Å². The summed E-state index contributed by atoms with van der Waals surface area (Å²) >= 11 is 0. The Morgan fingerprint density at radius 2 is 1.43 bits per heavy atom. The van der Waals surface area contributed by atoms with Crippen molar-refractivity contribution >= 4 is 0 Å². The van der Waals surface area contributed by atoms with Crippen LogP contribution in [0.5, 0.6) is 11.5 Å². The Morgan fingerprint density at radius 3 is 2.09 bits per heavy atom. The molecule has 1 aliphatic rings. The van der Waals surface area contributed by atoms with E-state index in [1.165, 1.54) is 28.7 Å². The van der Waals surface area contributed by atoms with Crippen LogP contribution >= 0.6 is 0 Å². The smallest absolute Gasteiger partial charge is 0.131 e. The van der Waals surface area contributed by atoms with Crippen molar-refractivity contribution in [2.75, 3.05) is 0 Å². The predicted molar refractivity (Wildman–Crippen MR) is 94.3 cm³/mol. The molecule has 0 spiro atoms. The number of hydrogen-bond acceptors (Lipinski definition) is 1. The third-order valence-corrected chi connectivity index (χ3v) is 4.50. The summed E-state index contributed by atoms with van der Waals surface area (Å²) in [7, 11) is 0. The number of benzene rings is 3. The normalized spacial score (nSPS) is 13.1. The van der Waals surface area contributed by atoms with Gasteiger partial charge in [0.05, 0.1) is 0 Å². The number of rotatable bonds is 3. The van der Waals surface area contributed by atoms with E-state index in [1.807, 2.05) is 12.1 Å². The predicted octanol–water partition coefficient (Wildman–Crippen LogP) is 5.93. The van der Waals surface area contributed by atoms with E-state index < -0.39 is 0 Å². The van der Waals surface area contributed by atoms with Crippen LogP contribution in [0.4, 0.5) is 0 Å². The lowest BCUT2D eigenvalue weighted by molar-refractivity contribution is 0.453. The highest BCUT2D eigenvalue weighted by Gasteiger charge is 2.28. The van der Waals surface area contributed by atoms with Gasteiger partial charge in [-0.3, -0.25) is 0 Å².